The molecule has 0 spiro atoms. The second-order valence-electron chi connectivity index (χ2n) is 5.23. The Morgan fingerprint density at radius 2 is 2.00 bits per heavy atom. The lowest BCUT2D eigenvalue weighted by Gasteiger charge is -2.30. The molecule has 4 heteroatoms. The van der Waals surface area contributed by atoms with Crippen molar-refractivity contribution in [2.24, 2.45) is 5.92 Å². The van der Waals surface area contributed by atoms with Gasteiger partial charge in [0.2, 0.25) is 0 Å². The van der Waals surface area contributed by atoms with Crippen molar-refractivity contribution in [3.8, 4) is 0 Å². The van der Waals surface area contributed by atoms with Gasteiger partial charge in [0.1, 0.15) is 5.78 Å². The molecule has 4 nitrogen and oxygen atoms in total. The molecule has 1 aliphatic rings. The molecule has 102 valence electrons. The molecule has 1 aliphatic carbocycles. The summed E-state index contributed by atoms with van der Waals surface area (Å²) in [7, 11) is 0. The number of benzene rings is 1. The monoisotopic (exact) mass is 261 g/mol. The number of Topliss-reactive ketones (excluding diaryl/α,β-unsaturated/α-hetero) is 1. The summed E-state index contributed by atoms with van der Waals surface area (Å²) in [5.74, 6) is 0.626. The van der Waals surface area contributed by atoms with Crippen LogP contribution in [-0.4, -0.2) is 10.7 Å². The maximum Gasteiger partial charge on any atom is 0.269 e. The predicted molar refractivity (Wildman–Crippen MR) is 73.1 cm³/mol. The van der Waals surface area contributed by atoms with Gasteiger partial charge in [-0.1, -0.05) is 25.5 Å². The van der Waals surface area contributed by atoms with Crippen LogP contribution < -0.4 is 0 Å². The number of ketones is 1. The molecule has 2 atom stereocenters. The molecular weight excluding hydrogens is 242 g/mol. The minimum Gasteiger partial charge on any atom is -0.299 e. The second-order valence-corrected chi connectivity index (χ2v) is 5.23. The first-order valence-electron chi connectivity index (χ1n) is 6.90. The van der Waals surface area contributed by atoms with E-state index in [0.29, 0.717) is 18.1 Å². The molecule has 2 rings (SSSR count). The fourth-order valence-corrected chi connectivity index (χ4v) is 3.07. The zero-order valence-corrected chi connectivity index (χ0v) is 11.2. The van der Waals surface area contributed by atoms with Crippen molar-refractivity contribution >= 4 is 11.5 Å². The van der Waals surface area contributed by atoms with E-state index in [4.69, 9.17) is 0 Å². The third-order valence-corrected chi connectivity index (χ3v) is 3.94. The smallest absolute Gasteiger partial charge is 0.269 e. The Morgan fingerprint density at radius 1 is 1.32 bits per heavy atom. The van der Waals surface area contributed by atoms with Gasteiger partial charge in [-0.15, -0.1) is 0 Å². The van der Waals surface area contributed by atoms with E-state index in [1.165, 1.54) is 12.1 Å². The Morgan fingerprint density at radius 3 is 2.58 bits per heavy atom. The van der Waals surface area contributed by atoms with Crippen LogP contribution in [0.1, 0.15) is 50.5 Å². The number of nitro benzene ring substituents is 1. The molecule has 0 heterocycles. The molecular formula is C15H19NO3. The minimum absolute atomic E-state index is 0.0606. The molecule has 1 aromatic rings. The van der Waals surface area contributed by atoms with Gasteiger partial charge in [0.25, 0.3) is 5.69 Å². The number of carbonyl (C=O) groups is 1. The van der Waals surface area contributed by atoms with Crippen molar-refractivity contribution in [2.45, 2.75) is 44.9 Å². The van der Waals surface area contributed by atoms with E-state index in [9.17, 15) is 14.9 Å². The minimum atomic E-state index is -0.407. The third-order valence-electron chi connectivity index (χ3n) is 3.94. The van der Waals surface area contributed by atoms with Gasteiger partial charge in [0.05, 0.1) is 4.92 Å². The summed E-state index contributed by atoms with van der Waals surface area (Å²) in [4.78, 5) is 22.4. The number of non-ortho nitro benzene ring substituents is 1. The fourth-order valence-electron chi connectivity index (χ4n) is 3.07. The summed E-state index contributed by atoms with van der Waals surface area (Å²) in [5.41, 5.74) is 1.02. The number of carbonyl (C=O) groups excluding carboxylic acids is 1. The molecule has 19 heavy (non-hydrogen) atoms. The van der Waals surface area contributed by atoms with Crippen LogP contribution in [0.2, 0.25) is 0 Å². The van der Waals surface area contributed by atoms with Crippen LogP contribution in [0.4, 0.5) is 5.69 Å². The van der Waals surface area contributed by atoms with Crippen molar-refractivity contribution < 1.29 is 9.72 Å². The van der Waals surface area contributed by atoms with E-state index in [1.54, 1.807) is 12.1 Å². The van der Waals surface area contributed by atoms with Crippen molar-refractivity contribution in [1.82, 2.24) is 0 Å². The normalized spacial score (nSPS) is 23.3. The maximum absolute atomic E-state index is 12.2. The van der Waals surface area contributed by atoms with Crippen LogP contribution in [0.3, 0.4) is 0 Å². The van der Waals surface area contributed by atoms with Crippen molar-refractivity contribution in [3.63, 3.8) is 0 Å². The highest BCUT2D eigenvalue weighted by molar-refractivity contribution is 5.86. The van der Waals surface area contributed by atoms with E-state index >= 15 is 0 Å². The Hall–Kier alpha value is -1.71. The summed E-state index contributed by atoms with van der Waals surface area (Å²) in [6, 6.07) is 6.49. The number of rotatable bonds is 4. The lowest BCUT2D eigenvalue weighted by molar-refractivity contribution is -0.384. The largest absolute Gasteiger partial charge is 0.299 e. The van der Waals surface area contributed by atoms with Crippen molar-refractivity contribution in [3.05, 3.63) is 39.9 Å². The first-order valence-corrected chi connectivity index (χ1v) is 6.90. The fraction of sp³-hybridized carbons (Fsp3) is 0.533. The van der Waals surface area contributed by atoms with Gasteiger partial charge < -0.3 is 0 Å². The zero-order chi connectivity index (χ0) is 13.8. The first kappa shape index (κ1) is 13.7. The molecule has 1 fully saturated rings. The molecule has 0 N–H and O–H groups in total. The molecule has 0 aromatic heterocycles. The van der Waals surface area contributed by atoms with E-state index in [-0.39, 0.29) is 11.6 Å². The standard InChI is InChI=1S/C15H19NO3/c1-2-4-11-5-3-6-14(17)15(11)12-7-9-13(10-8-12)16(18)19/h7-11,15H,2-6H2,1H3/t11-,15-/m0/s1. The van der Waals surface area contributed by atoms with Crippen LogP contribution in [0.5, 0.6) is 0 Å². The highest BCUT2D eigenvalue weighted by Gasteiger charge is 2.32. The van der Waals surface area contributed by atoms with Crippen LogP contribution in [0, 0.1) is 16.0 Å². The van der Waals surface area contributed by atoms with Crippen LogP contribution in [0.15, 0.2) is 24.3 Å². The molecule has 0 aliphatic heterocycles. The van der Waals surface area contributed by atoms with Gasteiger partial charge in [-0.2, -0.15) is 0 Å². The highest BCUT2D eigenvalue weighted by Crippen LogP contribution is 2.38. The summed E-state index contributed by atoms with van der Waals surface area (Å²) in [6.07, 6.45) is 4.82. The Labute approximate surface area is 113 Å². The number of hydrogen-bond donors (Lipinski definition) is 0. The van der Waals surface area contributed by atoms with Crippen LogP contribution in [0.25, 0.3) is 0 Å². The lowest BCUT2D eigenvalue weighted by Crippen LogP contribution is -2.26. The Balaban J connectivity index is 2.25. The summed E-state index contributed by atoms with van der Waals surface area (Å²) in [5, 5.41) is 10.7. The van der Waals surface area contributed by atoms with Crippen molar-refractivity contribution in [2.75, 3.05) is 0 Å². The van der Waals surface area contributed by atoms with Gasteiger partial charge in [0.15, 0.2) is 0 Å². The molecule has 0 unspecified atom stereocenters. The molecule has 1 saturated carbocycles. The Kier molecular flexibility index (Phi) is 4.30. The summed E-state index contributed by atoms with van der Waals surface area (Å²) < 4.78 is 0. The predicted octanol–water partition coefficient (Wildman–Crippen LogP) is 3.85. The molecule has 0 saturated heterocycles. The molecule has 1 aromatic carbocycles. The summed E-state index contributed by atoms with van der Waals surface area (Å²) in [6.45, 7) is 2.13. The summed E-state index contributed by atoms with van der Waals surface area (Å²) >= 11 is 0. The highest BCUT2D eigenvalue weighted by atomic mass is 16.6. The molecule has 0 bridgehead atoms. The molecule has 0 radical (unpaired) electrons. The average Bonchev–Trinajstić information content (AvgIpc) is 2.39. The van der Waals surface area contributed by atoms with Crippen LogP contribution in [-0.2, 0) is 4.79 Å². The molecule has 0 amide bonds. The van der Waals surface area contributed by atoms with Gasteiger partial charge in [-0.05, 0) is 30.7 Å². The van der Waals surface area contributed by atoms with Crippen LogP contribution >= 0.6 is 0 Å². The topological polar surface area (TPSA) is 60.2 Å². The third kappa shape index (κ3) is 3.00. The van der Waals surface area contributed by atoms with Crippen molar-refractivity contribution in [1.29, 1.82) is 0 Å². The quantitative estimate of drug-likeness (QED) is 0.611. The maximum atomic E-state index is 12.2. The zero-order valence-electron chi connectivity index (χ0n) is 11.2. The first-order chi connectivity index (χ1) is 9.13. The van der Waals surface area contributed by atoms with E-state index < -0.39 is 4.92 Å². The van der Waals surface area contributed by atoms with E-state index in [0.717, 1.165) is 31.2 Å². The second kappa shape index (κ2) is 5.95. The van der Waals surface area contributed by atoms with E-state index in [1.807, 2.05) is 0 Å². The number of nitro groups is 1. The lowest BCUT2D eigenvalue weighted by atomic mass is 9.73. The van der Waals surface area contributed by atoms with Gasteiger partial charge in [0, 0.05) is 24.5 Å². The Bertz CT molecular complexity index is 465. The van der Waals surface area contributed by atoms with Gasteiger partial charge in [-0.3, -0.25) is 14.9 Å². The van der Waals surface area contributed by atoms with Gasteiger partial charge in [-0.25, -0.2) is 0 Å². The SMILES string of the molecule is CCC[C@H]1CCCC(=O)[C@@H]1c1ccc([N+](=O)[O-])cc1. The number of nitrogens with zero attached hydrogens (tertiary/aromatic N) is 1. The van der Waals surface area contributed by atoms with Gasteiger partial charge >= 0.3 is 0 Å². The average molecular weight is 261 g/mol. The number of hydrogen-bond acceptors (Lipinski definition) is 3. The van der Waals surface area contributed by atoms with E-state index in [2.05, 4.69) is 6.92 Å².